The molecule has 1 aliphatic rings. The Morgan fingerprint density at radius 1 is 0.787 bits per heavy atom. The summed E-state index contributed by atoms with van der Waals surface area (Å²) >= 11 is 19.3. The molecule has 0 heterocycles. The first-order valence-electron chi connectivity index (χ1n) is 15.5. The molecule has 4 aromatic carbocycles. The number of hydrogen-bond donors (Lipinski definition) is 1. The minimum Gasteiger partial charge on any atom is -0.352 e. The van der Waals surface area contributed by atoms with Gasteiger partial charge in [0.1, 0.15) is 12.6 Å². The molecule has 1 fully saturated rings. The number of anilines is 1. The lowest BCUT2D eigenvalue weighted by atomic mass is 9.94. The number of sulfonamides is 1. The molecule has 0 spiro atoms. The quantitative estimate of drug-likeness (QED) is 0.162. The highest BCUT2D eigenvalue weighted by molar-refractivity contribution is 7.92. The summed E-state index contributed by atoms with van der Waals surface area (Å²) in [4.78, 5) is 30.3. The molecule has 0 aliphatic heterocycles. The van der Waals surface area contributed by atoms with Gasteiger partial charge in [-0.3, -0.25) is 13.9 Å². The summed E-state index contributed by atoms with van der Waals surface area (Å²) < 4.78 is 29.3. The van der Waals surface area contributed by atoms with Crippen molar-refractivity contribution in [2.24, 2.45) is 0 Å². The molecule has 1 atom stereocenters. The molecule has 1 N–H and O–H groups in total. The van der Waals surface area contributed by atoms with Gasteiger partial charge in [-0.2, -0.15) is 0 Å². The average Bonchev–Trinajstić information content (AvgIpc) is 3.07. The normalized spacial score (nSPS) is 14.3. The standard InChI is InChI=1S/C36H36Cl3N3O4S/c37-28-21-20-27(32(39)23-28)24-41(34(22-26-12-4-1-5-13-26)36(44)40-29-14-6-2-7-15-29)35(43)25-42(33-19-11-10-18-31(33)38)47(45,46)30-16-8-3-9-17-30/h1,3-5,8-13,16-21,23,29,34H,2,6-7,14-15,22,24-25H2,(H,40,44)/t34-/m0/s1. The van der Waals surface area contributed by atoms with Crippen molar-refractivity contribution < 1.29 is 18.0 Å². The molecular formula is C36H36Cl3N3O4S. The molecule has 1 saturated carbocycles. The van der Waals surface area contributed by atoms with Crippen LogP contribution in [0.5, 0.6) is 0 Å². The van der Waals surface area contributed by atoms with Crippen molar-refractivity contribution in [2.75, 3.05) is 10.8 Å². The fourth-order valence-electron chi connectivity index (χ4n) is 5.82. The number of amides is 2. The zero-order valence-electron chi connectivity index (χ0n) is 25.7. The van der Waals surface area contributed by atoms with Crippen LogP contribution < -0.4 is 9.62 Å². The highest BCUT2D eigenvalue weighted by Crippen LogP contribution is 2.31. The van der Waals surface area contributed by atoms with Crippen LogP contribution >= 0.6 is 34.8 Å². The van der Waals surface area contributed by atoms with Gasteiger partial charge < -0.3 is 10.2 Å². The van der Waals surface area contributed by atoms with Gasteiger partial charge in [0.2, 0.25) is 11.8 Å². The molecule has 1 aliphatic carbocycles. The zero-order chi connectivity index (χ0) is 33.4. The summed E-state index contributed by atoms with van der Waals surface area (Å²) in [5, 5.41) is 4.09. The summed E-state index contributed by atoms with van der Waals surface area (Å²) in [6, 6.07) is 27.7. The van der Waals surface area contributed by atoms with Crippen molar-refractivity contribution in [1.29, 1.82) is 0 Å². The molecule has 11 heteroatoms. The van der Waals surface area contributed by atoms with Gasteiger partial charge in [0, 0.05) is 29.1 Å². The summed E-state index contributed by atoms with van der Waals surface area (Å²) in [5.74, 6) is -0.912. The fourth-order valence-corrected chi connectivity index (χ4v) is 8.03. The van der Waals surface area contributed by atoms with Crippen molar-refractivity contribution >= 4 is 62.3 Å². The fraction of sp³-hybridized carbons (Fsp3) is 0.278. The number of benzene rings is 4. The van der Waals surface area contributed by atoms with Crippen molar-refractivity contribution in [1.82, 2.24) is 10.2 Å². The van der Waals surface area contributed by atoms with E-state index in [0.717, 1.165) is 42.0 Å². The Bertz CT molecular complexity index is 1790. The van der Waals surface area contributed by atoms with Crippen molar-refractivity contribution in [3.8, 4) is 0 Å². The van der Waals surface area contributed by atoms with Gasteiger partial charge >= 0.3 is 0 Å². The molecule has 0 unspecified atom stereocenters. The van der Waals surface area contributed by atoms with Gasteiger partial charge in [0.25, 0.3) is 10.0 Å². The minimum absolute atomic E-state index is 0.00380. The van der Waals surface area contributed by atoms with Crippen LogP contribution in [0.2, 0.25) is 15.1 Å². The van der Waals surface area contributed by atoms with E-state index in [1.807, 2.05) is 30.3 Å². The first kappa shape index (κ1) is 34.8. The lowest BCUT2D eigenvalue weighted by Crippen LogP contribution is -2.55. The third-order valence-electron chi connectivity index (χ3n) is 8.31. The molecule has 0 saturated heterocycles. The van der Waals surface area contributed by atoms with Gasteiger partial charge in [0.15, 0.2) is 0 Å². The van der Waals surface area contributed by atoms with E-state index in [1.54, 1.807) is 60.7 Å². The highest BCUT2D eigenvalue weighted by Gasteiger charge is 2.36. The Morgan fingerprint density at radius 2 is 1.43 bits per heavy atom. The monoisotopic (exact) mass is 711 g/mol. The number of hydrogen-bond acceptors (Lipinski definition) is 4. The molecule has 47 heavy (non-hydrogen) atoms. The van der Waals surface area contributed by atoms with Gasteiger partial charge in [-0.15, -0.1) is 0 Å². The largest absolute Gasteiger partial charge is 0.352 e. The summed E-state index contributed by atoms with van der Waals surface area (Å²) in [6.45, 7) is -0.680. The lowest BCUT2D eigenvalue weighted by molar-refractivity contribution is -0.140. The minimum atomic E-state index is -4.26. The van der Waals surface area contributed by atoms with Gasteiger partial charge in [-0.1, -0.05) is 121 Å². The third kappa shape index (κ3) is 8.87. The van der Waals surface area contributed by atoms with Gasteiger partial charge in [0.05, 0.1) is 15.6 Å². The number of carbonyl (C=O) groups is 2. The van der Waals surface area contributed by atoms with Crippen LogP contribution in [0.25, 0.3) is 0 Å². The maximum atomic E-state index is 14.7. The van der Waals surface area contributed by atoms with E-state index in [1.165, 1.54) is 17.0 Å². The summed E-state index contributed by atoms with van der Waals surface area (Å²) in [6.07, 6.45) is 5.07. The van der Waals surface area contributed by atoms with E-state index in [4.69, 9.17) is 34.8 Å². The van der Waals surface area contributed by atoms with Crippen LogP contribution in [0.3, 0.4) is 0 Å². The summed E-state index contributed by atoms with van der Waals surface area (Å²) in [7, 11) is -4.26. The van der Waals surface area contributed by atoms with E-state index < -0.39 is 28.5 Å². The molecule has 0 radical (unpaired) electrons. The first-order chi connectivity index (χ1) is 22.6. The van der Waals surface area contributed by atoms with Crippen molar-refractivity contribution in [3.63, 3.8) is 0 Å². The molecule has 7 nitrogen and oxygen atoms in total. The van der Waals surface area contributed by atoms with E-state index in [9.17, 15) is 18.0 Å². The second kappa shape index (κ2) is 16.0. The van der Waals surface area contributed by atoms with Crippen LogP contribution in [-0.2, 0) is 32.6 Å². The number of rotatable bonds is 12. The molecule has 0 bridgehead atoms. The van der Waals surface area contributed by atoms with Gasteiger partial charge in [-0.05, 0) is 60.4 Å². The molecule has 0 aromatic heterocycles. The Balaban J connectivity index is 1.58. The smallest absolute Gasteiger partial charge is 0.264 e. The number of para-hydroxylation sites is 1. The van der Waals surface area contributed by atoms with Crippen LogP contribution in [0.1, 0.15) is 43.2 Å². The van der Waals surface area contributed by atoms with Gasteiger partial charge in [-0.25, -0.2) is 8.42 Å². The third-order valence-corrected chi connectivity index (χ3v) is 11.0. The number of halogens is 3. The lowest BCUT2D eigenvalue weighted by Gasteiger charge is -2.35. The molecule has 2 amide bonds. The van der Waals surface area contributed by atoms with Crippen LogP contribution in [-0.4, -0.2) is 43.8 Å². The zero-order valence-corrected chi connectivity index (χ0v) is 28.8. The average molecular weight is 713 g/mol. The van der Waals surface area contributed by atoms with E-state index >= 15 is 0 Å². The van der Waals surface area contributed by atoms with Crippen molar-refractivity contribution in [3.05, 3.63) is 129 Å². The Kier molecular flexibility index (Phi) is 11.9. The number of nitrogens with zero attached hydrogens (tertiary/aromatic N) is 2. The molecular weight excluding hydrogens is 677 g/mol. The highest BCUT2D eigenvalue weighted by atomic mass is 35.5. The van der Waals surface area contributed by atoms with Crippen LogP contribution in [0, 0.1) is 0 Å². The van der Waals surface area contributed by atoms with E-state index in [-0.39, 0.29) is 40.5 Å². The predicted octanol–water partition coefficient (Wildman–Crippen LogP) is 7.93. The summed E-state index contributed by atoms with van der Waals surface area (Å²) in [5.41, 5.74) is 1.54. The van der Waals surface area contributed by atoms with Crippen molar-refractivity contribution in [2.45, 2.75) is 62.0 Å². The molecule has 246 valence electrons. The second-order valence-electron chi connectivity index (χ2n) is 11.6. The second-order valence-corrected chi connectivity index (χ2v) is 14.7. The molecule has 5 rings (SSSR count). The topological polar surface area (TPSA) is 86.8 Å². The Labute approximate surface area is 291 Å². The SMILES string of the molecule is O=C(NC1CCCCC1)[C@H](Cc1ccccc1)N(Cc1ccc(Cl)cc1Cl)C(=O)CN(c1ccccc1Cl)S(=O)(=O)c1ccccc1. The first-order valence-corrected chi connectivity index (χ1v) is 18.1. The maximum absolute atomic E-state index is 14.7. The maximum Gasteiger partial charge on any atom is 0.264 e. The van der Waals surface area contributed by atoms with E-state index in [2.05, 4.69) is 5.32 Å². The van der Waals surface area contributed by atoms with Crippen LogP contribution in [0.4, 0.5) is 5.69 Å². The number of carbonyl (C=O) groups excluding carboxylic acids is 2. The number of nitrogens with one attached hydrogen (secondary N) is 1. The molecule has 4 aromatic rings. The Morgan fingerprint density at radius 3 is 2.09 bits per heavy atom. The Hall–Kier alpha value is -3.56. The predicted molar refractivity (Wildman–Crippen MR) is 188 cm³/mol. The van der Waals surface area contributed by atoms with Crippen LogP contribution in [0.15, 0.2) is 108 Å². The van der Waals surface area contributed by atoms with E-state index in [0.29, 0.717) is 15.6 Å².